The first-order chi connectivity index (χ1) is 27.6. The molecule has 0 bridgehead atoms. The van der Waals surface area contributed by atoms with Gasteiger partial charge in [-0.15, -0.1) is 0 Å². The predicted octanol–water partition coefficient (Wildman–Crippen LogP) is 5.50. The summed E-state index contributed by atoms with van der Waals surface area (Å²) in [6, 6.07) is 28.1. The van der Waals surface area contributed by atoms with Crippen molar-refractivity contribution in [1.29, 1.82) is 0 Å². The van der Waals surface area contributed by atoms with E-state index in [0.717, 1.165) is 35.8 Å². The Hall–Kier alpha value is -5.83. The lowest BCUT2D eigenvalue weighted by atomic mass is 9.98. The molecule has 0 aliphatic heterocycles. The molecule has 4 N–H and O–H groups in total. The fourth-order valence-electron chi connectivity index (χ4n) is 6.30. The zero-order valence-electron chi connectivity index (χ0n) is 33.0. The number of para-hydroxylation sites is 1. The van der Waals surface area contributed by atoms with Gasteiger partial charge in [0.15, 0.2) is 23.8 Å². The molecule has 14 heteroatoms. The van der Waals surface area contributed by atoms with E-state index in [-0.39, 0.29) is 30.9 Å². The third-order valence-corrected chi connectivity index (χ3v) is 9.89. The number of carbonyl (C=O) groups excluding carboxylic acids is 1. The number of aryl methyl sites for hydroxylation is 2. The van der Waals surface area contributed by atoms with Gasteiger partial charge in [0.2, 0.25) is 5.91 Å². The molecule has 1 aromatic heterocycles. The quantitative estimate of drug-likeness (QED) is 0.0941. The number of halogens is 2. The Morgan fingerprint density at radius 3 is 1.91 bits per heavy atom. The van der Waals surface area contributed by atoms with Crippen LogP contribution in [0, 0.1) is 11.6 Å². The minimum atomic E-state index is -2.27. The second kappa shape index (κ2) is 21.1. The summed E-state index contributed by atoms with van der Waals surface area (Å²) in [6.45, 7) is 11.9. The molecule has 58 heavy (non-hydrogen) atoms. The molecule has 1 heterocycles. The van der Waals surface area contributed by atoms with E-state index >= 15 is 0 Å². The first-order valence-electron chi connectivity index (χ1n) is 19.1. The van der Waals surface area contributed by atoms with Crippen molar-refractivity contribution in [3.8, 4) is 11.1 Å². The van der Waals surface area contributed by atoms with Crippen molar-refractivity contribution in [2.75, 3.05) is 26.2 Å². The average molecular weight is 801 g/mol. The van der Waals surface area contributed by atoms with Crippen LogP contribution in [0.5, 0.6) is 0 Å². The van der Waals surface area contributed by atoms with Crippen molar-refractivity contribution in [3.63, 3.8) is 0 Å². The van der Waals surface area contributed by atoms with Crippen LogP contribution in [-0.2, 0) is 40.3 Å². The number of aliphatic hydroxyl groups excluding tert-OH is 2. The molecule has 1 amide bonds. The van der Waals surface area contributed by atoms with Gasteiger partial charge in [-0.25, -0.2) is 18.4 Å². The number of hydrogen-bond donors (Lipinski definition) is 4. The van der Waals surface area contributed by atoms with Crippen LogP contribution in [0.4, 0.5) is 8.78 Å². The first-order valence-corrected chi connectivity index (χ1v) is 19.1. The molecule has 2 atom stereocenters. The fraction of sp³-hybridized carbons (Fsp3) is 0.341. The van der Waals surface area contributed by atoms with Crippen molar-refractivity contribution < 1.29 is 43.6 Å². The van der Waals surface area contributed by atoms with Gasteiger partial charge in [-0.2, -0.15) is 4.98 Å². The maximum atomic E-state index is 14.5. The molecule has 0 fully saturated rings. The topological polar surface area (TPSA) is 174 Å². The van der Waals surface area contributed by atoms with Gasteiger partial charge in [-0.3, -0.25) is 9.59 Å². The van der Waals surface area contributed by atoms with Crippen LogP contribution >= 0.6 is 0 Å². The summed E-state index contributed by atoms with van der Waals surface area (Å²) >= 11 is 0. The van der Waals surface area contributed by atoms with Gasteiger partial charge in [-0.05, 0) is 71.4 Å². The second-order valence-electron chi connectivity index (χ2n) is 14.0. The summed E-state index contributed by atoms with van der Waals surface area (Å²) in [7, 11) is 0. The van der Waals surface area contributed by atoms with Crippen molar-refractivity contribution in [2.45, 2.75) is 71.8 Å². The van der Waals surface area contributed by atoms with Crippen LogP contribution in [0.2, 0.25) is 0 Å². The van der Waals surface area contributed by atoms with Gasteiger partial charge in [0, 0.05) is 26.1 Å². The number of rotatable bonds is 17. The Kier molecular flexibility index (Phi) is 16.3. The molecule has 4 aromatic carbocycles. The van der Waals surface area contributed by atoms with E-state index < -0.39 is 41.3 Å². The number of hydrogen-bond acceptors (Lipinski definition) is 8. The average Bonchev–Trinajstić information content (AvgIpc) is 3.22. The van der Waals surface area contributed by atoms with E-state index in [1.807, 2.05) is 11.0 Å². The highest BCUT2D eigenvalue weighted by Gasteiger charge is 2.29. The van der Waals surface area contributed by atoms with E-state index in [0.29, 0.717) is 42.3 Å². The SMILES string of the molecule is CCN(CC)CCN(Cc1ccc(-c2ccc(C(C)C)cc2)cc1)C(=O)Cn1c(CCc2cccc(F)c2F)nc(=O)c2ccccc21.O=C(O)C(O)C(O)C(=O)O. The molecule has 0 radical (unpaired) electrons. The number of carboxylic acid groups (broad SMARTS) is 2. The smallest absolute Gasteiger partial charge is 0.335 e. The Bertz CT molecular complexity index is 2210. The Morgan fingerprint density at radius 2 is 1.34 bits per heavy atom. The lowest BCUT2D eigenvalue weighted by Gasteiger charge is -2.28. The normalized spacial score (nSPS) is 12.2. The van der Waals surface area contributed by atoms with Crippen molar-refractivity contribution in [3.05, 3.63) is 135 Å². The number of fused-ring (bicyclic) bond motifs is 1. The minimum absolute atomic E-state index is 0.0483. The lowest BCUT2D eigenvalue weighted by Crippen LogP contribution is -2.40. The molecule has 0 aliphatic rings. The highest BCUT2D eigenvalue weighted by molar-refractivity contribution is 5.83. The Balaban J connectivity index is 0.000000657. The molecule has 5 aromatic rings. The van der Waals surface area contributed by atoms with E-state index in [9.17, 15) is 28.0 Å². The van der Waals surface area contributed by atoms with Gasteiger partial charge >= 0.3 is 11.9 Å². The largest absolute Gasteiger partial charge is 0.479 e. The van der Waals surface area contributed by atoms with Crippen LogP contribution in [0.1, 0.15) is 56.1 Å². The summed E-state index contributed by atoms with van der Waals surface area (Å²) in [5, 5.41) is 32.9. The minimum Gasteiger partial charge on any atom is -0.479 e. The standard InChI is InChI=1S/C40H44F2N4O2.C4H6O6/c1-5-44(6-2)24-25-45(26-29-14-16-31(17-15-29)32-20-18-30(19-21-32)28(3)4)38(47)27-46-36-13-8-7-11-34(36)40(48)43-37(46)23-22-33-10-9-12-35(41)39(33)42;5-1(3(7)8)2(6)4(9)10/h7-21,28H,5-6,22-27H2,1-4H3;1-2,5-6H,(H,7,8)(H,9,10). The maximum absolute atomic E-state index is 14.5. The molecular weight excluding hydrogens is 751 g/mol. The van der Waals surface area contributed by atoms with Crippen molar-refractivity contribution >= 4 is 28.7 Å². The number of nitrogens with zero attached hydrogens (tertiary/aromatic N) is 4. The van der Waals surface area contributed by atoms with Gasteiger partial charge in [0.25, 0.3) is 5.56 Å². The molecule has 5 rings (SSSR count). The summed E-state index contributed by atoms with van der Waals surface area (Å²) in [4.78, 5) is 55.2. The number of carbonyl (C=O) groups is 3. The molecule has 0 aliphatic carbocycles. The number of aliphatic hydroxyl groups is 2. The van der Waals surface area contributed by atoms with Gasteiger partial charge < -0.3 is 34.8 Å². The molecule has 308 valence electrons. The number of carboxylic acids is 2. The number of likely N-dealkylation sites (N-methyl/N-ethyl adjacent to an activating group) is 1. The van der Waals surface area contributed by atoms with Gasteiger partial charge in [0.05, 0.1) is 10.9 Å². The summed E-state index contributed by atoms with van der Waals surface area (Å²) < 4.78 is 30.2. The summed E-state index contributed by atoms with van der Waals surface area (Å²) in [5.74, 6) is -4.67. The molecule has 0 saturated carbocycles. The molecule has 2 unspecified atom stereocenters. The van der Waals surface area contributed by atoms with Crippen LogP contribution < -0.4 is 5.56 Å². The van der Waals surface area contributed by atoms with Crippen molar-refractivity contribution in [1.82, 2.24) is 19.4 Å². The Morgan fingerprint density at radius 1 is 0.759 bits per heavy atom. The Labute approximate surface area is 335 Å². The number of benzene rings is 4. The summed E-state index contributed by atoms with van der Waals surface area (Å²) in [6.07, 6.45) is -4.25. The van der Waals surface area contributed by atoms with E-state index in [4.69, 9.17) is 20.4 Å². The van der Waals surface area contributed by atoms with Gasteiger partial charge in [-0.1, -0.05) is 100 Å². The van der Waals surface area contributed by atoms with E-state index in [1.165, 1.54) is 17.7 Å². The fourth-order valence-corrected chi connectivity index (χ4v) is 6.30. The molecular formula is C44H50F2N4O8. The monoisotopic (exact) mass is 800 g/mol. The molecule has 12 nitrogen and oxygen atoms in total. The third kappa shape index (κ3) is 11.9. The van der Waals surface area contributed by atoms with Crippen LogP contribution in [0.15, 0.2) is 95.8 Å². The number of aliphatic carboxylic acids is 2. The zero-order chi connectivity index (χ0) is 42.5. The van der Waals surface area contributed by atoms with E-state index in [2.05, 4.69) is 86.1 Å². The van der Waals surface area contributed by atoms with Gasteiger partial charge in [0.1, 0.15) is 12.4 Å². The van der Waals surface area contributed by atoms with Crippen LogP contribution in [-0.4, -0.2) is 96.0 Å². The highest BCUT2D eigenvalue weighted by Crippen LogP contribution is 2.24. The number of amides is 1. The maximum Gasteiger partial charge on any atom is 0.335 e. The molecule has 0 spiro atoms. The lowest BCUT2D eigenvalue weighted by molar-refractivity contribution is -0.165. The highest BCUT2D eigenvalue weighted by atomic mass is 19.2. The molecule has 0 saturated heterocycles. The van der Waals surface area contributed by atoms with E-state index in [1.54, 1.807) is 22.8 Å². The second-order valence-corrected chi connectivity index (χ2v) is 14.0. The van der Waals surface area contributed by atoms with Crippen LogP contribution in [0.25, 0.3) is 22.0 Å². The van der Waals surface area contributed by atoms with Crippen LogP contribution in [0.3, 0.4) is 0 Å². The third-order valence-electron chi connectivity index (χ3n) is 9.89. The number of aromatic nitrogens is 2. The zero-order valence-corrected chi connectivity index (χ0v) is 33.0. The predicted molar refractivity (Wildman–Crippen MR) is 216 cm³/mol. The summed E-state index contributed by atoms with van der Waals surface area (Å²) in [5.41, 5.74) is 4.92. The van der Waals surface area contributed by atoms with Crippen molar-refractivity contribution in [2.24, 2.45) is 0 Å². The first kappa shape index (κ1) is 44.9.